The second-order valence-electron chi connectivity index (χ2n) is 6.88. The Morgan fingerprint density at radius 3 is 2.88 bits per heavy atom. The van der Waals surface area contributed by atoms with Gasteiger partial charge < -0.3 is 0 Å². The van der Waals surface area contributed by atoms with Crippen LogP contribution in [-0.4, -0.2) is 36.9 Å². The maximum absolute atomic E-state index is 12.0. The number of alkyl halides is 1. The average molecular weight is 472 g/mol. The zero-order chi connectivity index (χ0) is 17.0. The SMILES string of the molecule is O=S(=O)(N[I-][C@H]1CC[C@@H](c2ncc3cnc4[nH]ccc4n23)C1)C1CC1. The summed E-state index contributed by atoms with van der Waals surface area (Å²) in [6, 6.07) is 2.03. The fourth-order valence-electron chi connectivity index (χ4n) is 3.61. The number of aromatic nitrogens is 4. The molecular formula is C16H19IN5O2S-. The van der Waals surface area contributed by atoms with Crippen LogP contribution in [0.5, 0.6) is 0 Å². The molecule has 3 aromatic rings. The molecule has 3 heterocycles. The third-order valence-corrected chi connectivity index (χ3v) is 11.4. The molecule has 2 atom stereocenters. The number of H-pyrrole nitrogens is 1. The topological polar surface area (TPSA) is 92.2 Å². The van der Waals surface area contributed by atoms with E-state index in [9.17, 15) is 8.42 Å². The molecule has 2 saturated carbocycles. The second-order valence-corrected chi connectivity index (χ2v) is 12.5. The Kier molecular flexibility index (Phi) is 3.79. The van der Waals surface area contributed by atoms with Gasteiger partial charge in [-0.2, -0.15) is 0 Å². The third kappa shape index (κ3) is 2.85. The van der Waals surface area contributed by atoms with Crippen LogP contribution < -0.4 is 24.4 Å². The third-order valence-electron chi connectivity index (χ3n) is 5.09. The van der Waals surface area contributed by atoms with Crippen LogP contribution in [0.2, 0.25) is 0 Å². The van der Waals surface area contributed by atoms with Gasteiger partial charge in [-0.1, -0.05) is 0 Å². The van der Waals surface area contributed by atoms with Crippen molar-refractivity contribution < 1.29 is 29.9 Å². The monoisotopic (exact) mass is 472 g/mol. The summed E-state index contributed by atoms with van der Waals surface area (Å²) >= 11 is -0.530. The summed E-state index contributed by atoms with van der Waals surface area (Å²) in [7, 11) is -3.04. The van der Waals surface area contributed by atoms with Crippen molar-refractivity contribution in [2.75, 3.05) is 0 Å². The van der Waals surface area contributed by atoms with Crippen molar-refractivity contribution in [3.05, 3.63) is 30.5 Å². The van der Waals surface area contributed by atoms with Gasteiger partial charge in [0.1, 0.15) is 0 Å². The molecule has 0 unspecified atom stereocenters. The molecule has 0 saturated heterocycles. The van der Waals surface area contributed by atoms with Crippen molar-refractivity contribution in [1.29, 1.82) is 0 Å². The van der Waals surface area contributed by atoms with E-state index in [1.165, 1.54) is 0 Å². The van der Waals surface area contributed by atoms with Crippen LogP contribution >= 0.6 is 0 Å². The number of sulfonamides is 1. The second kappa shape index (κ2) is 5.92. The summed E-state index contributed by atoms with van der Waals surface area (Å²) in [6.07, 6.45) is 10.5. The molecule has 2 aliphatic carbocycles. The Labute approximate surface area is 156 Å². The summed E-state index contributed by atoms with van der Waals surface area (Å²) in [5, 5.41) is -0.116. The zero-order valence-electron chi connectivity index (χ0n) is 13.5. The van der Waals surface area contributed by atoms with Crippen LogP contribution in [-0.2, 0) is 10.0 Å². The van der Waals surface area contributed by atoms with Crippen molar-refractivity contribution in [2.45, 2.75) is 47.2 Å². The average Bonchev–Trinajstić information content (AvgIpc) is 3.03. The van der Waals surface area contributed by atoms with Gasteiger partial charge in [-0.05, 0) is 0 Å². The molecule has 0 radical (unpaired) electrons. The maximum atomic E-state index is 12.0. The molecule has 25 heavy (non-hydrogen) atoms. The number of halogens is 1. The van der Waals surface area contributed by atoms with Gasteiger partial charge in [-0.15, -0.1) is 0 Å². The molecule has 0 amide bonds. The fourth-order valence-corrected chi connectivity index (χ4v) is 9.51. The molecule has 2 aliphatic rings. The van der Waals surface area contributed by atoms with Gasteiger partial charge in [-0.25, -0.2) is 0 Å². The summed E-state index contributed by atoms with van der Waals surface area (Å²) in [5.41, 5.74) is 2.93. The predicted octanol–water partition coefficient (Wildman–Crippen LogP) is -1.07. The number of fused-ring (bicyclic) bond motifs is 3. The van der Waals surface area contributed by atoms with E-state index in [0.29, 0.717) is 9.84 Å². The van der Waals surface area contributed by atoms with Crippen molar-refractivity contribution >= 4 is 26.7 Å². The van der Waals surface area contributed by atoms with E-state index < -0.39 is 31.5 Å². The summed E-state index contributed by atoms with van der Waals surface area (Å²) in [5.74, 6) is 1.47. The summed E-state index contributed by atoms with van der Waals surface area (Å²) in [4.78, 5) is 12.2. The van der Waals surface area contributed by atoms with Gasteiger partial charge in [-0.3, -0.25) is 0 Å². The molecule has 0 aliphatic heterocycles. The summed E-state index contributed by atoms with van der Waals surface area (Å²) < 4.78 is 29.7. The Morgan fingerprint density at radius 1 is 1.20 bits per heavy atom. The van der Waals surface area contributed by atoms with Gasteiger partial charge in [0, 0.05) is 0 Å². The van der Waals surface area contributed by atoms with E-state index in [1.54, 1.807) is 0 Å². The van der Waals surface area contributed by atoms with Crippen LogP contribution in [0.15, 0.2) is 24.7 Å². The number of rotatable bonds is 5. The Bertz CT molecular complexity index is 1040. The Hall–Kier alpha value is -1.20. The number of aromatic amines is 1. The van der Waals surface area contributed by atoms with Gasteiger partial charge in [0.15, 0.2) is 0 Å². The normalized spacial score (nSPS) is 24.6. The van der Waals surface area contributed by atoms with Gasteiger partial charge in [0.05, 0.1) is 0 Å². The molecular weight excluding hydrogens is 453 g/mol. The van der Waals surface area contributed by atoms with E-state index in [0.717, 1.165) is 54.6 Å². The molecule has 9 heteroatoms. The minimum atomic E-state index is -3.04. The van der Waals surface area contributed by atoms with E-state index in [2.05, 4.69) is 22.3 Å². The molecule has 0 aromatic carbocycles. The van der Waals surface area contributed by atoms with Gasteiger partial charge in [0.25, 0.3) is 0 Å². The first-order valence-electron chi connectivity index (χ1n) is 8.54. The molecule has 134 valence electrons. The van der Waals surface area contributed by atoms with E-state index >= 15 is 0 Å². The molecule has 5 rings (SSSR count). The van der Waals surface area contributed by atoms with Gasteiger partial charge >= 0.3 is 157 Å². The first-order chi connectivity index (χ1) is 12.1. The molecule has 3 aromatic heterocycles. The number of imidazole rings is 1. The van der Waals surface area contributed by atoms with Crippen LogP contribution in [0.1, 0.15) is 43.8 Å². The number of nitrogens with zero attached hydrogens (tertiary/aromatic N) is 3. The quantitative estimate of drug-likeness (QED) is 0.281. The van der Waals surface area contributed by atoms with Crippen LogP contribution in [0, 0.1) is 0 Å². The minimum absolute atomic E-state index is 0.116. The number of nitrogens with one attached hydrogen (secondary N) is 2. The molecule has 7 nitrogen and oxygen atoms in total. The van der Waals surface area contributed by atoms with Crippen LogP contribution in [0.4, 0.5) is 0 Å². The van der Waals surface area contributed by atoms with Crippen LogP contribution in [0.3, 0.4) is 0 Å². The molecule has 0 spiro atoms. The van der Waals surface area contributed by atoms with Crippen molar-refractivity contribution in [3.8, 4) is 0 Å². The molecule has 2 fully saturated rings. The van der Waals surface area contributed by atoms with Gasteiger partial charge in [0.2, 0.25) is 0 Å². The first-order valence-corrected chi connectivity index (χ1v) is 12.4. The van der Waals surface area contributed by atoms with E-state index in [1.807, 2.05) is 24.7 Å². The Balaban J connectivity index is 1.36. The van der Waals surface area contributed by atoms with Crippen molar-refractivity contribution in [2.24, 2.45) is 0 Å². The van der Waals surface area contributed by atoms with Crippen molar-refractivity contribution in [3.63, 3.8) is 0 Å². The molecule has 2 N–H and O–H groups in total. The number of hydrogen-bond acceptors (Lipinski definition) is 4. The van der Waals surface area contributed by atoms with E-state index in [-0.39, 0.29) is 5.25 Å². The van der Waals surface area contributed by atoms with Crippen LogP contribution in [0.25, 0.3) is 16.7 Å². The standard InChI is InChI=1S/C16H19IN5O2S/c23-25(24,13-3-4-13)21-17-11-2-1-10(7-11)16-20-9-12-8-19-15-14(22(12)16)5-6-18-15/h5-6,8-11,13,18,21H,1-4,7H2/q-1/t10-,11+/m1/s1. The zero-order valence-corrected chi connectivity index (χ0v) is 16.5. The number of hydrogen-bond donors (Lipinski definition) is 2. The summed E-state index contributed by atoms with van der Waals surface area (Å²) in [6.45, 7) is 0. The Morgan fingerprint density at radius 2 is 2.04 bits per heavy atom. The predicted molar refractivity (Wildman–Crippen MR) is 90.3 cm³/mol. The van der Waals surface area contributed by atoms with Crippen molar-refractivity contribution in [1.82, 2.24) is 22.3 Å². The fraction of sp³-hybridized carbons (Fsp3) is 0.500. The van der Waals surface area contributed by atoms with E-state index in [4.69, 9.17) is 0 Å². The first kappa shape index (κ1) is 16.0. The molecule has 0 bridgehead atoms.